The number of aliphatic hydroxyl groups excluding tert-OH is 1. The Labute approximate surface area is 240 Å². The Morgan fingerprint density at radius 3 is 2.00 bits per heavy atom. The van der Waals surface area contributed by atoms with Crippen molar-refractivity contribution >= 4 is 35.5 Å². The van der Waals surface area contributed by atoms with Gasteiger partial charge >= 0.3 is 5.97 Å². The van der Waals surface area contributed by atoms with E-state index in [4.69, 9.17) is 11.5 Å². The monoisotopic (exact) mass is 585 g/mol. The third-order valence-corrected chi connectivity index (χ3v) is 6.86. The van der Waals surface area contributed by atoms with E-state index in [9.17, 15) is 39.0 Å². The van der Waals surface area contributed by atoms with E-state index in [-0.39, 0.29) is 13.0 Å². The lowest BCUT2D eigenvalue weighted by atomic mass is 10.0. The Bertz CT molecular complexity index is 943. The zero-order valence-corrected chi connectivity index (χ0v) is 24.5. The molecule has 0 aromatic rings. The summed E-state index contributed by atoms with van der Waals surface area (Å²) in [5.74, 6) is -4.84. The van der Waals surface area contributed by atoms with E-state index in [0.29, 0.717) is 32.2 Å². The molecule has 0 radical (unpaired) electrons. The molecule has 15 heteroatoms. The maximum atomic E-state index is 13.5. The minimum Gasteiger partial charge on any atom is -0.480 e. The van der Waals surface area contributed by atoms with Crippen molar-refractivity contribution in [2.45, 2.75) is 109 Å². The van der Waals surface area contributed by atoms with Gasteiger partial charge in [0.2, 0.25) is 29.5 Å². The first-order valence-corrected chi connectivity index (χ1v) is 14.0. The van der Waals surface area contributed by atoms with Gasteiger partial charge in [-0.3, -0.25) is 24.0 Å². The normalized spacial score (nSPS) is 19.3. The third kappa shape index (κ3) is 10.9. The summed E-state index contributed by atoms with van der Waals surface area (Å²) in [7, 11) is 0. The molecule has 0 saturated carbocycles. The summed E-state index contributed by atoms with van der Waals surface area (Å²) >= 11 is 0. The van der Waals surface area contributed by atoms with Crippen LogP contribution in [0.4, 0.5) is 0 Å². The molecule has 0 unspecified atom stereocenters. The van der Waals surface area contributed by atoms with Crippen molar-refractivity contribution in [1.29, 1.82) is 0 Å². The Morgan fingerprint density at radius 1 is 0.878 bits per heavy atom. The third-order valence-electron chi connectivity index (χ3n) is 6.86. The molecule has 5 amide bonds. The predicted molar refractivity (Wildman–Crippen MR) is 149 cm³/mol. The SMILES string of the molecule is CC(C)[C@H](NC(=O)[C@H](C)NC(=O)[C@@H](NC(=O)[C@H](C)N)[C@@H](C)O)C(=O)N1CCC[C@H]1C(=O)N[C@@H](CCCCN)C(=O)O. The fourth-order valence-corrected chi connectivity index (χ4v) is 4.35. The molecule has 0 aliphatic carbocycles. The van der Waals surface area contributed by atoms with Crippen molar-refractivity contribution in [1.82, 2.24) is 26.2 Å². The fourth-order valence-electron chi connectivity index (χ4n) is 4.35. The maximum absolute atomic E-state index is 13.5. The largest absolute Gasteiger partial charge is 0.480 e. The van der Waals surface area contributed by atoms with Gasteiger partial charge < -0.3 is 47.8 Å². The van der Waals surface area contributed by atoms with E-state index in [2.05, 4.69) is 21.3 Å². The standard InChI is InChI=1S/C26H47N7O8/c1-13(2)19(31-22(36)15(4)29-24(38)20(16(5)34)32-21(35)14(3)28)25(39)33-12-8-10-18(33)23(37)30-17(26(40)41)9-6-7-11-27/h13-20,34H,6-12,27-28H2,1-5H3,(H,29,38)(H,30,37)(H,31,36)(H,32,35)(H,40,41)/t14-,15-,16+,17-,18-,19-,20-/m0/s1. The zero-order valence-electron chi connectivity index (χ0n) is 24.5. The Kier molecular flexibility index (Phi) is 14.7. The van der Waals surface area contributed by atoms with E-state index in [0.717, 1.165) is 0 Å². The number of carbonyl (C=O) groups is 6. The van der Waals surface area contributed by atoms with E-state index in [1.807, 2.05) is 0 Å². The lowest BCUT2D eigenvalue weighted by molar-refractivity contribution is -0.145. The van der Waals surface area contributed by atoms with Crippen molar-refractivity contribution < 1.29 is 39.0 Å². The minimum atomic E-state index is -1.36. The van der Waals surface area contributed by atoms with Crippen molar-refractivity contribution in [2.75, 3.05) is 13.1 Å². The average molecular weight is 586 g/mol. The number of likely N-dealkylation sites (tertiary alicyclic amines) is 1. The summed E-state index contributed by atoms with van der Waals surface area (Å²) in [5.41, 5.74) is 11.0. The molecule has 0 spiro atoms. The molecule has 1 saturated heterocycles. The molecule has 0 aromatic heterocycles. The van der Waals surface area contributed by atoms with Gasteiger partial charge in [-0.15, -0.1) is 0 Å². The highest BCUT2D eigenvalue weighted by Crippen LogP contribution is 2.21. The molecule has 1 aliphatic heterocycles. The molecule has 7 atom stereocenters. The minimum absolute atomic E-state index is 0.206. The second-order valence-electron chi connectivity index (χ2n) is 10.8. The van der Waals surface area contributed by atoms with Crippen molar-refractivity contribution in [3.63, 3.8) is 0 Å². The molecule has 1 heterocycles. The lowest BCUT2D eigenvalue weighted by Gasteiger charge is -2.32. The van der Waals surface area contributed by atoms with Gasteiger partial charge in [-0.25, -0.2) is 4.79 Å². The molecule has 0 aromatic carbocycles. The van der Waals surface area contributed by atoms with E-state index in [1.54, 1.807) is 13.8 Å². The smallest absolute Gasteiger partial charge is 0.326 e. The van der Waals surface area contributed by atoms with Gasteiger partial charge in [0, 0.05) is 6.54 Å². The van der Waals surface area contributed by atoms with Crippen LogP contribution in [0.15, 0.2) is 0 Å². The quantitative estimate of drug-likeness (QED) is 0.0887. The lowest BCUT2D eigenvalue weighted by Crippen LogP contribution is -2.60. The van der Waals surface area contributed by atoms with Crippen LogP contribution in [0.5, 0.6) is 0 Å². The van der Waals surface area contributed by atoms with Crippen molar-refractivity contribution in [3.05, 3.63) is 0 Å². The van der Waals surface area contributed by atoms with Crippen molar-refractivity contribution in [3.8, 4) is 0 Å². The molecule has 15 nitrogen and oxygen atoms in total. The van der Waals surface area contributed by atoms with Crippen LogP contribution in [0.2, 0.25) is 0 Å². The Balaban J connectivity index is 2.92. The number of rotatable bonds is 16. The zero-order chi connectivity index (χ0) is 31.4. The number of nitrogens with two attached hydrogens (primary N) is 2. The van der Waals surface area contributed by atoms with E-state index < -0.39 is 83.8 Å². The van der Waals surface area contributed by atoms with Gasteiger partial charge in [-0.2, -0.15) is 0 Å². The highest BCUT2D eigenvalue weighted by atomic mass is 16.4. The average Bonchev–Trinajstić information content (AvgIpc) is 3.38. The van der Waals surface area contributed by atoms with Crippen LogP contribution >= 0.6 is 0 Å². The molecule has 1 rings (SSSR count). The number of amides is 5. The van der Waals surface area contributed by atoms with Gasteiger partial charge in [-0.05, 0) is 65.3 Å². The number of carboxylic acid groups (broad SMARTS) is 1. The maximum Gasteiger partial charge on any atom is 0.326 e. The highest BCUT2D eigenvalue weighted by Gasteiger charge is 2.40. The molecule has 0 bridgehead atoms. The number of aliphatic carboxylic acids is 1. The van der Waals surface area contributed by atoms with Crippen molar-refractivity contribution in [2.24, 2.45) is 17.4 Å². The van der Waals surface area contributed by atoms with Crippen LogP contribution in [0.1, 0.15) is 66.7 Å². The van der Waals surface area contributed by atoms with Gasteiger partial charge in [0.1, 0.15) is 30.2 Å². The van der Waals surface area contributed by atoms with Gasteiger partial charge in [0.25, 0.3) is 0 Å². The summed E-state index contributed by atoms with van der Waals surface area (Å²) in [4.78, 5) is 77.1. The summed E-state index contributed by atoms with van der Waals surface area (Å²) in [6.07, 6.45) is 0.923. The molecular weight excluding hydrogens is 538 g/mol. The van der Waals surface area contributed by atoms with Crippen LogP contribution in [-0.4, -0.2) is 106 Å². The number of hydrogen-bond donors (Lipinski definition) is 8. The molecule has 10 N–H and O–H groups in total. The fraction of sp³-hybridized carbons (Fsp3) is 0.769. The van der Waals surface area contributed by atoms with Gasteiger partial charge in [0.15, 0.2) is 0 Å². The number of carbonyl (C=O) groups excluding carboxylic acids is 5. The number of hydrogen-bond acceptors (Lipinski definition) is 9. The first kappa shape index (κ1) is 35.7. The van der Waals surface area contributed by atoms with Crippen LogP contribution in [0, 0.1) is 5.92 Å². The summed E-state index contributed by atoms with van der Waals surface area (Å²) in [6.45, 7) is 8.16. The van der Waals surface area contributed by atoms with Gasteiger partial charge in [0.05, 0.1) is 12.1 Å². The van der Waals surface area contributed by atoms with Gasteiger partial charge in [-0.1, -0.05) is 13.8 Å². The van der Waals surface area contributed by atoms with E-state index >= 15 is 0 Å². The highest BCUT2D eigenvalue weighted by molar-refractivity contribution is 5.96. The second kappa shape index (κ2) is 16.8. The summed E-state index contributed by atoms with van der Waals surface area (Å²) in [6, 6.07) is -6.48. The number of nitrogens with zero attached hydrogens (tertiary/aromatic N) is 1. The number of carboxylic acids is 1. The molecule has 1 fully saturated rings. The summed E-state index contributed by atoms with van der Waals surface area (Å²) < 4.78 is 0. The number of unbranched alkanes of at least 4 members (excludes halogenated alkanes) is 1. The number of nitrogens with one attached hydrogen (secondary N) is 4. The van der Waals surface area contributed by atoms with Crippen LogP contribution in [0.3, 0.4) is 0 Å². The first-order chi connectivity index (χ1) is 19.1. The second-order valence-corrected chi connectivity index (χ2v) is 10.8. The molecule has 1 aliphatic rings. The molecule has 234 valence electrons. The summed E-state index contributed by atoms with van der Waals surface area (Å²) in [5, 5.41) is 29.3. The Hall–Kier alpha value is -3.30. The van der Waals surface area contributed by atoms with Crippen LogP contribution in [-0.2, 0) is 28.8 Å². The Morgan fingerprint density at radius 2 is 1.49 bits per heavy atom. The number of aliphatic hydroxyl groups is 1. The topological polar surface area (TPSA) is 246 Å². The van der Waals surface area contributed by atoms with Crippen LogP contribution < -0.4 is 32.7 Å². The first-order valence-electron chi connectivity index (χ1n) is 14.0. The predicted octanol–water partition coefficient (Wildman–Crippen LogP) is -2.47. The molecular formula is C26H47N7O8. The van der Waals surface area contributed by atoms with E-state index in [1.165, 1.54) is 25.7 Å². The molecule has 41 heavy (non-hydrogen) atoms. The van der Waals surface area contributed by atoms with Crippen LogP contribution in [0.25, 0.3) is 0 Å².